The van der Waals surface area contributed by atoms with Gasteiger partial charge < -0.3 is 14.8 Å². The van der Waals surface area contributed by atoms with Crippen LogP contribution in [-0.2, 0) is 4.74 Å². The number of nitrogens with one attached hydrogen (secondary N) is 1. The van der Waals surface area contributed by atoms with Crippen LogP contribution in [0.2, 0.25) is 0 Å². The topological polar surface area (TPSA) is 56.3 Å². The molecule has 1 aliphatic heterocycles. The van der Waals surface area contributed by atoms with Gasteiger partial charge in [-0.2, -0.15) is 0 Å². The Balaban J connectivity index is 2.02. The third kappa shape index (κ3) is 3.55. The van der Waals surface area contributed by atoms with Crippen LogP contribution in [0.1, 0.15) is 26.2 Å². The van der Waals surface area contributed by atoms with Gasteiger partial charge in [-0.1, -0.05) is 6.92 Å². The number of hydrogen-bond acceptors (Lipinski definition) is 5. The van der Waals surface area contributed by atoms with Crippen LogP contribution in [0.3, 0.4) is 0 Å². The molecule has 0 bridgehead atoms. The zero-order valence-electron chi connectivity index (χ0n) is 10.5. The van der Waals surface area contributed by atoms with Crippen molar-refractivity contribution < 1.29 is 9.47 Å². The first kappa shape index (κ1) is 13.5. The molecule has 1 aromatic rings. The predicted octanol–water partition coefficient (Wildman–Crippen LogP) is 2.62. The fraction of sp³-hybridized carbons (Fsp3) is 0.667. The average Bonchev–Trinajstić information content (AvgIpc) is 2.41. The minimum atomic E-state index is 0.184. The molecule has 5 nitrogen and oxygen atoms in total. The molecule has 0 radical (unpaired) electrons. The summed E-state index contributed by atoms with van der Waals surface area (Å²) in [6.45, 7) is 4.51. The van der Waals surface area contributed by atoms with Gasteiger partial charge in [0.1, 0.15) is 22.7 Å². The Hall–Kier alpha value is -0.880. The van der Waals surface area contributed by atoms with E-state index < -0.39 is 0 Å². The highest BCUT2D eigenvalue weighted by atomic mass is 79.9. The van der Waals surface area contributed by atoms with E-state index in [1.54, 1.807) is 0 Å². The van der Waals surface area contributed by atoms with Crippen molar-refractivity contribution in [3.63, 3.8) is 0 Å². The van der Waals surface area contributed by atoms with Crippen molar-refractivity contribution in [1.29, 1.82) is 0 Å². The van der Waals surface area contributed by atoms with Crippen LogP contribution in [0.5, 0.6) is 5.88 Å². The maximum Gasteiger partial charge on any atom is 0.233 e. The monoisotopic (exact) mass is 315 g/mol. The van der Waals surface area contributed by atoms with Crippen molar-refractivity contribution in [3.8, 4) is 5.88 Å². The van der Waals surface area contributed by atoms with Crippen molar-refractivity contribution in [1.82, 2.24) is 9.97 Å². The molecular weight excluding hydrogens is 298 g/mol. The van der Waals surface area contributed by atoms with E-state index in [0.717, 1.165) is 49.3 Å². The van der Waals surface area contributed by atoms with E-state index in [-0.39, 0.29) is 6.10 Å². The van der Waals surface area contributed by atoms with Crippen LogP contribution in [0.4, 0.5) is 5.82 Å². The highest BCUT2D eigenvalue weighted by Gasteiger charge is 2.18. The number of aromatic nitrogens is 2. The number of rotatable bonds is 5. The van der Waals surface area contributed by atoms with Crippen LogP contribution in [0.15, 0.2) is 10.8 Å². The number of anilines is 1. The lowest BCUT2D eigenvalue weighted by Gasteiger charge is -2.23. The second-order valence-electron chi connectivity index (χ2n) is 4.20. The molecule has 0 spiro atoms. The molecule has 1 N–H and O–H groups in total. The molecule has 18 heavy (non-hydrogen) atoms. The molecule has 0 aromatic carbocycles. The summed E-state index contributed by atoms with van der Waals surface area (Å²) in [5.74, 6) is 1.39. The molecule has 0 aliphatic carbocycles. The van der Waals surface area contributed by atoms with Crippen molar-refractivity contribution >= 4 is 21.7 Å². The Morgan fingerprint density at radius 1 is 1.44 bits per heavy atom. The van der Waals surface area contributed by atoms with Crippen LogP contribution in [0.25, 0.3) is 0 Å². The van der Waals surface area contributed by atoms with Gasteiger partial charge in [0.05, 0.1) is 13.2 Å². The first-order chi connectivity index (χ1) is 8.81. The van der Waals surface area contributed by atoms with Gasteiger partial charge in [-0.05, 0) is 22.4 Å². The molecule has 0 atom stereocenters. The Bertz CT molecular complexity index is 384. The van der Waals surface area contributed by atoms with Gasteiger partial charge >= 0.3 is 0 Å². The number of hydrogen-bond donors (Lipinski definition) is 1. The van der Waals surface area contributed by atoms with Crippen LogP contribution >= 0.6 is 15.9 Å². The van der Waals surface area contributed by atoms with Gasteiger partial charge in [0.15, 0.2) is 0 Å². The molecule has 2 heterocycles. The summed E-state index contributed by atoms with van der Waals surface area (Å²) in [4.78, 5) is 8.38. The minimum absolute atomic E-state index is 0.184. The molecule has 0 saturated carbocycles. The van der Waals surface area contributed by atoms with Crippen molar-refractivity contribution in [2.75, 3.05) is 25.1 Å². The molecule has 0 amide bonds. The number of ether oxygens (including phenoxy) is 2. The lowest BCUT2D eigenvalue weighted by Crippen LogP contribution is -2.26. The first-order valence-corrected chi connectivity index (χ1v) is 7.09. The number of halogens is 1. The second kappa shape index (κ2) is 6.89. The van der Waals surface area contributed by atoms with Gasteiger partial charge in [0, 0.05) is 19.4 Å². The first-order valence-electron chi connectivity index (χ1n) is 6.30. The molecule has 1 aliphatic rings. The quantitative estimate of drug-likeness (QED) is 0.905. The van der Waals surface area contributed by atoms with E-state index >= 15 is 0 Å². The molecule has 2 rings (SSSR count). The highest BCUT2D eigenvalue weighted by Crippen LogP contribution is 2.30. The van der Waals surface area contributed by atoms with Gasteiger partial charge in [0.25, 0.3) is 0 Å². The van der Waals surface area contributed by atoms with E-state index in [9.17, 15) is 0 Å². The van der Waals surface area contributed by atoms with Crippen LogP contribution in [0, 0.1) is 0 Å². The van der Waals surface area contributed by atoms with E-state index in [1.807, 2.05) is 0 Å². The fourth-order valence-electron chi connectivity index (χ4n) is 1.75. The second-order valence-corrected chi connectivity index (χ2v) is 4.99. The highest BCUT2D eigenvalue weighted by molar-refractivity contribution is 9.10. The molecule has 1 aromatic heterocycles. The Morgan fingerprint density at radius 3 is 2.94 bits per heavy atom. The zero-order chi connectivity index (χ0) is 12.8. The van der Waals surface area contributed by atoms with Gasteiger partial charge in [0.2, 0.25) is 5.88 Å². The van der Waals surface area contributed by atoms with Crippen LogP contribution in [-0.4, -0.2) is 35.8 Å². The SMILES string of the molecule is CCCNc1ncnc(OC2CCOCC2)c1Br. The lowest BCUT2D eigenvalue weighted by atomic mass is 10.2. The van der Waals surface area contributed by atoms with Gasteiger partial charge in [-0.25, -0.2) is 9.97 Å². The van der Waals surface area contributed by atoms with Gasteiger partial charge in [-0.3, -0.25) is 0 Å². The van der Waals surface area contributed by atoms with Crippen molar-refractivity contribution in [2.24, 2.45) is 0 Å². The maximum atomic E-state index is 5.89. The fourth-order valence-corrected chi connectivity index (χ4v) is 2.19. The van der Waals surface area contributed by atoms with E-state index in [2.05, 4.69) is 38.1 Å². The summed E-state index contributed by atoms with van der Waals surface area (Å²) in [5, 5.41) is 3.24. The molecular formula is C12H18BrN3O2. The average molecular weight is 316 g/mol. The third-order valence-electron chi connectivity index (χ3n) is 2.75. The predicted molar refractivity (Wildman–Crippen MR) is 73.0 cm³/mol. The van der Waals surface area contributed by atoms with E-state index in [1.165, 1.54) is 6.33 Å². The van der Waals surface area contributed by atoms with Crippen molar-refractivity contribution in [3.05, 3.63) is 10.8 Å². The zero-order valence-corrected chi connectivity index (χ0v) is 12.1. The van der Waals surface area contributed by atoms with Crippen molar-refractivity contribution in [2.45, 2.75) is 32.3 Å². The smallest absolute Gasteiger partial charge is 0.233 e. The summed E-state index contributed by atoms with van der Waals surface area (Å²) in [6, 6.07) is 0. The van der Waals surface area contributed by atoms with Crippen LogP contribution < -0.4 is 10.1 Å². The summed E-state index contributed by atoms with van der Waals surface area (Å²) < 4.78 is 12.0. The molecule has 100 valence electrons. The summed E-state index contributed by atoms with van der Waals surface area (Å²) in [6.07, 6.45) is 4.58. The third-order valence-corrected chi connectivity index (χ3v) is 3.46. The Morgan fingerprint density at radius 2 is 2.22 bits per heavy atom. The molecule has 1 fully saturated rings. The number of nitrogens with zero attached hydrogens (tertiary/aromatic N) is 2. The normalized spacial score (nSPS) is 16.6. The van der Waals surface area contributed by atoms with Gasteiger partial charge in [-0.15, -0.1) is 0 Å². The summed E-state index contributed by atoms with van der Waals surface area (Å²) in [7, 11) is 0. The molecule has 1 saturated heterocycles. The maximum absolute atomic E-state index is 5.89. The van der Waals surface area contributed by atoms with E-state index in [0.29, 0.717) is 5.88 Å². The summed E-state index contributed by atoms with van der Waals surface area (Å²) >= 11 is 3.49. The molecule has 6 heteroatoms. The summed E-state index contributed by atoms with van der Waals surface area (Å²) in [5.41, 5.74) is 0. The largest absolute Gasteiger partial charge is 0.473 e. The molecule has 0 unspecified atom stereocenters. The lowest BCUT2D eigenvalue weighted by molar-refractivity contribution is 0.0234. The Kier molecular flexibility index (Phi) is 5.19. The van der Waals surface area contributed by atoms with E-state index in [4.69, 9.17) is 9.47 Å². The standard InChI is InChI=1S/C12H18BrN3O2/c1-2-5-14-11-10(13)12(16-8-15-11)18-9-3-6-17-7-4-9/h8-9H,2-7H2,1H3,(H,14,15,16). The minimum Gasteiger partial charge on any atom is -0.473 e. The Labute approximate surface area is 115 Å².